The first-order valence-electron chi connectivity index (χ1n) is 7.48. The predicted octanol–water partition coefficient (Wildman–Crippen LogP) is 5.01. The van der Waals surface area contributed by atoms with E-state index in [1.54, 1.807) is 6.07 Å². The lowest BCUT2D eigenvalue weighted by Crippen LogP contribution is -2.36. The number of esters is 1. The summed E-state index contributed by atoms with van der Waals surface area (Å²) >= 11 is 12.5. The van der Waals surface area contributed by atoms with Gasteiger partial charge in [-0.15, -0.1) is 0 Å². The van der Waals surface area contributed by atoms with Gasteiger partial charge < -0.3 is 10.1 Å². The molecule has 1 N–H and O–H groups in total. The van der Waals surface area contributed by atoms with E-state index in [9.17, 15) is 4.79 Å². The maximum absolute atomic E-state index is 12.0. The summed E-state index contributed by atoms with van der Waals surface area (Å²) in [6.07, 6.45) is 3.96. The van der Waals surface area contributed by atoms with Crippen LogP contribution in [0.5, 0.6) is 0 Å². The monoisotopic (exact) mass is 329 g/mol. The average molecular weight is 330 g/mol. The molecule has 0 radical (unpaired) electrons. The molecule has 1 aliphatic heterocycles. The SMILES string of the molecule is CCCCC1CC(C(=O)OCC)Nc2cc(Cl)cc(Cl)c21. The van der Waals surface area contributed by atoms with Crippen LogP contribution in [0.25, 0.3) is 0 Å². The van der Waals surface area contributed by atoms with Crippen LogP contribution in [-0.2, 0) is 9.53 Å². The van der Waals surface area contributed by atoms with Crippen LogP contribution in [0.15, 0.2) is 12.1 Å². The lowest BCUT2D eigenvalue weighted by molar-refractivity contribution is -0.144. The van der Waals surface area contributed by atoms with Gasteiger partial charge in [0.25, 0.3) is 0 Å². The van der Waals surface area contributed by atoms with E-state index in [2.05, 4.69) is 12.2 Å². The molecule has 0 spiro atoms. The Labute approximate surface area is 136 Å². The molecule has 3 nitrogen and oxygen atoms in total. The van der Waals surface area contributed by atoms with Crippen LogP contribution in [0.2, 0.25) is 10.0 Å². The summed E-state index contributed by atoms with van der Waals surface area (Å²) in [7, 11) is 0. The highest BCUT2D eigenvalue weighted by Gasteiger charge is 2.32. The molecule has 0 aliphatic carbocycles. The molecule has 21 heavy (non-hydrogen) atoms. The molecule has 0 saturated carbocycles. The summed E-state index contributed by atoms with van der Waals surface area (Å²) in [5.74, 6) is 0.0566. The fraction of sp³-hybridized carbons (Fsp3) is 0.562. The summed E-state index contributed by atoms with van der Waals surface area (Å²) in [4.78, 5) is 12.0. The van der Waals surface area contributed by atoms with E-state index < -0.39 is 0 Å². The molecule has 2 atom stereocenters. The van der Waals surface area contributed by atoms with Crippen molar-refractivity contribution in [2.24, 2.45) is 0 Å². The van der Waals surface area contributed by atoms with Gasteiger partial charge >= 0.3 is 5.97 Å². The topological polar surface area (TPSA) is 38.3 Å². The molecule has 1 aliphatic rings. The van der Waals surface area contributed by atoms with Gasteiger partial charge in [-0.25, -0.2) is 4.79 Å². The number of hydrogen-bond acceptors (Lipinski definition) is 3. The van der Waals surface area contributed by atoms with Crippen molar-refractivity contribution < 1.29 is 9.53 Å². The third kappa shape index (κ3) is 3.83. The number of fused-ring (bicyclic) bond motifs is 1. The molecule has 0 amide bonds. The maximum Gasteiger partial charge on any atom is 0.328 e. The van der Waals surface area contributed by atoms with Gasteiger partial charge in [0, 0.05) is 15.7 Å². The number of nitrogens with one attached hydrogen (secondary N) is 1. The quantitative estimate of drug-likeness (QED) is 0.771. The zero-order chi connectivity index (χ0) is 15.4. The number of unbranched alkanes of at least 4 members (excludes halogenated alkanes) is 1. The van der Waals surface area contributed by atoms with Crippen molar-refractivity contribution in [2.45, 2.75) is 51.5 Å². The molecule has 1 aromatic rings. The van der Waals surface area contributed by atoms with E-state index in [4.69, 9.17) is 27.9 Å². The number of carbonyl (C=O) groups is 1. The highest BCUT2D eigenvalue weighted by atomic mass is 35.5. The zero-order valence-corrected chi connectivity index (χ0v) is 13.9. The molecule has 5 heteroatoms. The van der Waals surface area contributed by atoms with Gasteiger partial charge in [-0.1, -0.05) is 43.0 Å². The lowest BCUT2D eigenvalue weighted by atomic mass is 9.83. The van der Waals surface area contributed by atoms with E-state index >= 15 is 0 Å². The fourth-order valence-corrected chi connectivity index (χ4v) is 3.53. The smallest absolute Gasteiger partial charge is 0.328 e. The molecule has 0 aromatic heterocycles. The largest absolute Gasteiger partial charge is 0.464 e. The van der Waals surface area contributed by atoms with Crippen LogP contribution in [0, 0.1) is 0 Å². The van der Waals surface area contributed by atoms with Crippen molar-refractivity contribution in [1.29, 1.82) is 0 Å². The number of anilines is 1. The molecule has 116 valence electrons. The van der Waals surface area contributed by atoms with Gasteiger partial charge in [0.05, 0.1) is 6.61 Å². The molecule has 2 unspecified atom stereocenters. The molecule has 0 bridgehead atoms. The van der Waals surface area contributed by atoms with Gasteiger partial charge in [0.2, 0.25) is 0 Å². The zero-order valence-electron chi connectivity index (χ0n) is 12.4. The Morgan fingerprint density at radius 2 is 2.14 bits per heavy atom. The molecule has 0 saturated heterocycles. The maximum atomic E-state index is 12.0. The number of ether oxygens (including phenoxy) is 1. The van der Waals surface area contributed by atoms with Gasteiger partial charge in [0.1, 0.15) is 6.04 Å². The first-order chi connectivity index (χ1) is 10.1. The minimum atomic E-state index is -0.325. The fourth-order valence-electron chi connectivity index (χ4n) is 2.88. The number of halogens is 2. The predicted molar refractivity (Wildman–Crippen MR) is 87.4 cm³/mol. The first kappa shape index (κ1) is 16.4. The Balaban J connectivity index is 2.31. The van der Waals surface area contributed by atoms with Gasteiger partial charge in [0.15, 0.2) is 0 Å². The third-order valence-corrected chi connectivity index (χ3v) is 4.36. The molecular formula is C16H21Cl2NO2. The van der Waals surface area contributed by atoms with E-state index in [1.165, 1.54) is 0 Å². The van der Waals surface area contributed by atoms with Gasteiger partial charge in [-0.2, -0.15) is 0 Å². The van der Waals surface area contributed by atoms with Crippen molar-refractivity contribution in [2.75, 3.05) is 11.9 Å². The van der Waals surface area contributed by atoms with Crippen LogP contribution in [0.1, 0.15) is 51.0 Å². The van der Waals surface area contributed by atoms with Gasteiger partial charge in [-0.05, 0) is 43.4 Å². The van der Waals surface area contributed by atoms with Crippen LogP contribution in [0.4, 0.5) is 5.69 Å². The average Bonchev–Trinajstić information content (AvgIpc) is 2.43. The molecular weight excluding hydrogens is 309 g/mol. The Morgan fingerprint density at radius 3 is 2.81 bits per heavy atom. The summed E-state index contributed by atoms with van der Waals surface area (Å²) in [6.45, 7) is 4.37. The van der Waals surface area contributed by atoms with E-state index in [-0.39, 0.29) is 17.9 Å². The van der Waals surface area contributed by atoms with Crippen molar-refractivity contribution in [3.63, 3.8) is 0 Å². The van der Waals surface area contributed by atoms with Crippen molar-refractivity contribution in [3.05, 3.63) is 27.7 Å². The molecule has 1 aromatic carbocycles. The number of carbonyl (C=O) groups excluding carboxylic acids is 1. The van der Waals surface area contributed by atoms with E-state index in [0.717, 1.165) is 30.5 Å². The highest BCUT2D eigenvalue weighted by Crippen LogP contribution is 2.43. The van der Waals surface area contributed by atoms with Crippen LogP contribution >= 0.6 is 23.2 Å². The van der Waals surface area contributed by atoms with Gasteiger partial charge in [-0.3, -0.25) is 0 Å². The Kier molecular flexibility index (Phi) is 5.77. The number of benzene rings is 1. The van der Waals surface area contributed by atoms with Crippen molar-refractivity contribution >= 4 is 34.9 Å². The summed E-state index contributed by atoms with van der Waals surface area (Å²) < 4.78 is 5.14. The molecule has 2 rings (SSSR count). The second-order valence-electron chi connectivity index (χ2n) is 5.37. The van der Waals surface area contributed by atoms with Crippen molar-refractivity contribution in [1.82, 2.24) is 0 Å². The highest BCUT2D eigenvalue weighted by molar-refractivity contribution is 6.35. The van der Waals surface area contributed by atoms with E-state index in [1.807, 2.05) is 13.0 Å². The van der Waals surface area contributed by atoms with Crippen LogP contribution in [-0.4, -0.2) is 18.6 Å². The third-order valence-electron chi connectivity index (χ3n) is 3.83. The molecule has 0 fully saturated rings. The minimum absolute atomic E-state index is 0.208. The molecule has 1 heterocycles. The summed E-state index contributed by atoms with van der Waals surface area (Å²) in [5.41, 5.74) is 1.94. The number of rotatable bonds is 5. The first-order valence-corrected chi connectivity index (χ1v) is 8.24. The second kappa shape index (κ2) is 7.37. The Hall–Kier alpha value is -0.930. The summed E-state index contributed by atoms with van der Waals surface area (Å²) in [6, 6.07) is 3.29. The second-order valence-corrected chi connectivity index (χ2v) is 6.22. The van der Waals surface area contributed by atoms with E-state index in [0.29, 0.717) is 23.1 Å². The lowest BCUT2D eigenvalue weighted by Gasteiger charge is -2.33. The Morgan fingerprint density at radius 1 is 1.38 bits per heavy atom. The van der Waals surface area contributed by atoms with Crippen molar-refractivity contribution in [3.8, 4) is 0 Å². The minimum Gasteiger partial charge on any atom is -0.464 e. The summed E-state index contributed by atoms with van der Waals surface area (Å²) in [5, 5.41) is 4.47. The van der Waals surface area contributed by atoms with Crippen LogP contribution in [0.3, 0.4) is 0 Å². The number of hydrogen-bond donors (Lipinski definition) is 1. The Bertz CT molecular complexity index is 519. The normalized spacial score (nSPS) is 20.6. The standard InChI is InChI=1S/C16H21Cl2NO2/c1-3-5-6-10-7-14(16(20)21-4-2)19-13-9-11(17)8-12(18)15(10)13/h8-10,14,19H,3-7H2,1-2H3. The van der Waals surface area contributed by atoms with Crippen LogP contribution < -0.4 is 5.32 Å².